The van der Waals surface area contributed by atoms with E-state index < -0.39 is 11.9 Å². The minimum Gasteiger partial charge on any atom is -0.507 e. The van der Waals surface area contributed by atoms with E-state index in [0.29, 0.717) is 42.7 Å². The van der Waals surface area contributed by atoms with Gasteiger partial charge in [0.15, 0.2) is 0 Å². The fourth-order valence-electron chi connectivity index (χ4n) is 3.89. The van der Waals surface area contributed by atoms with Crippen molar-refractivity contribution in [2.45, 2.75) is 46.6 Å². The summed E-state index contributed by atoms with van der Waals surface area (Å²) in [5.41, 5.74) is 3.23. The summed E-state index contributed by atoms with van der Waals surface area (Å²) in [6, 6.07) is 0. The molecule has 0 amide bonds. The van der Waals surface area contributed by atoms with E-state index in [1.807, 2.05) is 19.9 Å². The van der Waals surface area contributed by atoms with E-state index in [1.54, 1.807) is 7.11 Å². The lowest BCUT2D eigenvalue weighted by Crippen LogP contribution is -2.38. The first-order chi connectivity index (χ1) is 16.6. The Bertz CT molecular complexity index is 945. The maximum atomic E-state index is 12.0. The number of rotatable bonds is 9. The summed E-state index contributed by atoms with van der Waals surface area (Å²) in [4.78, 5) is 35.2. The topological polar surface area (TPSA) is 132 Å². The molecule has 3 rings (SSSR count). The molecule has 2 aliphatic heterocycles. The molecule has 0 unspecified atom stereocenters. The number of phenolic OH excluding ortho intramolecular Hbond substituents is 1. The fourth-order valence-corrected chi connectivity index (χ4v) is 3.89. The summed E-state index contributed by atoms with van der Waals surface area (Å²) in [5, 5.41) is 18.1. The van der Waals surface area contributed by atoms with Crippen molar-refractivity contribution >= 4 is 17.9 Å². The lowest BCUT2D eigenvalue weighted by molar-refractivity contribution is -0.144. The zero-order valence-electron chi connectivity index (χ0n) is 20.8. The quantitative estimate of drug-likeness (QED) is 0.391. The van der Waals surface area contributed by atoms with Crippen LogP contribution in [0.1, 0.15) is 53.7 Å². The highest BCUT2D eigenvalue weighted by atomic mass is 16.5. The standard InChI is InChI=1S/C23H31NO7.C2H4O2/c1-15(5-7-19(25)30-13-10-24-8-11-29-12-9-24)4-6-17-21(26)20-18(14-31-23(20)27)16(2)22(17)28-3;1-2(3)4/h4,26H,5-14H2,1-3H3;1H3,(H,3,4). The predicted molar refractivity (Wildman–Crippen MR) is 127 cm³/mol. The van der Waals surface area contributed by atoms with Gasteiger partial charge in [0.25, 0.3) is 5.97 Å². The van der Waals surface area contributed by atoms with E-state index in [4.69, 9.17) is 28.8 Å². The molecule has 0 saturated carbocycles. The van der Waals surface area contributed by atoms with Gasteiger partial charge in [-0.1, -0.05) is 11.6 Å². The SMILES string of the molecule is CC(=O)O.COc1c(C)c2c(c(O)c1CC=C(C)CCC(=O)OCCN1CCOCC1)C(=O)OC2. The summed E-state index contributed by atoms with van der Waals surface area (Å²) in [6.07, 6.45) is 3.18. The number of carbonyl (C=O) groups excluding carboxylic acids is 2. The van der Waals surface area contributed by atoms with Gasteiger partial charge < -0.3 is 29.2 Å². The van der Waals surface area contributed by atoms with Crippen molar-refractivity contribution in [3.8, 4) is 11.5 Å². The molecule has 0 atom stereocenters. The molecule has 10 heteroatoms. The number of esters is 2. The van der Waals surface area contributed by atoms with Gasteiger partial charge in [-0.05, 0) is 32.3 Å². The molecule has 1 aromatic carbocycles. The van der Waals surface area contributed by atoms with E-state index >= 15 is 0 Å². The van der Waals surface area contributed by atoms with Crippen LogP contribution in [-0.2, 0) is 36.8 Å². The highest BCUT2D eigenvalue weighted by molar-refractivity contribution is 5.98. The second-order valence-electron chi connectivity index (χ2n) is 8.36. The lowest BCUT2D eigenvalue weighted by atomic mass is 9.94. The monoisotopic (exact) mass is 493 g/mol. The minimum atomic E-state index is -0.833. The van der Waals surface area contributed by atoms with Gasteiger partial charge in [0.1, 0.15) is 30.3 Å². The molecule has 0 bridgehead atoms. The van der Waals surface area contributed by atoms with Crippen molar-refractivity contribution < 1.29 is 43.5 Å². The number of cyclic esters (lactones) is 1. The first kappa shape index (κ1) is 28.1. The second kappa shape index (κ2) is 13.7. The molecule has 2 N–H and O–H groups in total. The van der Waals surface area contributed by atoms with Gasteiger partial charge in [-0.2, -0.15) is 0 Å². The number of hydrogen-bond acceptors (Lipinski definition) is 9. The summed E-state index contributed by atoms with van der Waals surface area (Å²) >= 11 is 0. The third-order valence-corrected chi connectivity index (χ3v) is 5.80. The molecule has 0 radical (unpaired) electrons. The summed E-state index contributed by atoms with van der Waals surface area (Å²) in [5.74, 6) is -1.11. The van der Waals surface area contributed by atoms with Crippen molar-refractivity contribution in [3.63, 3.8) is 0 Å². The van der Waals surface area contributed by atoms with Crippen LogP contribution in [0.15, 0.2) is 11.6 Å². The highest BCUT2D eigenvalue weighted by Gasteiger charge is 2.31. The maximum absolute atomic E-state index is 12.0. The number of morpholine rings is 1. The molecule has 2 aliphatic rings. The number of carboxylic acid groups (broad SMARTS) is 1. The number of methoxy groups -OCH3 is 1. The Hall–Kier alpha value is -3.11. The average molecular weight is 494 g/mol. The molecule has 1 aromatic rings. The normalized spacial score (nSPS) is 15.5. The highest BCUT2D eigenvalue weighted by Crippen LogP contribution is 2.42. The van der Waals surface area contributed by atoms with Crippen LogP contribution in [-0.4, -0.2) is 79.6 Å². The third-order valence-electron chi connectivity index (χ3n) is 5.80. The maximum Gasteiger partial charge on any atom is 0.342 e. The van der Waals surface area contributed by atoms with Crippen LogP contribution in [0.25, 0.3) is 0 Å². The Balaban J connectivity index is 0.00000100. The molecule has 10 nitrogen and oxygen atoms in total. The van der Waals surface area contributed by atoms with Crippen LogP contribution in [0.2, 0.25) is 0 Å². The summed E-state index contributed by atoms with van der Waals surface area (Å²) in [6.45, 7) is 9.32. The number of fused-ring (bicyclic) bond motifs is 1. The average Bonchev–Trinajstić information content (AvgIpc) is 3.21. The number of carbonyl (C=O) groups is 3. The van der Waals surface area contributed by atoms with Gasteiger partial charge >= 0.3 is 11.9 Å². The smallest absolute Gasteiger partial charge is 0.342 e. The number of hydrogen-bond donors (Lipinski definition) is 2. The van der Waals surface area contributed by atoms with Gasteiger partial charge in [0.05, 0.1) is 20.3 Å². The Morgan fingerprint density at radius 3 is 2.46 bits per heavy atom. The van der Waals surface area contributed by atoms with Crippen LogP contribution >= 0.6 is 0 Å². The van der Waals surface area contributed by atoms with Crippen LogP contribution in [0.3, 0.4) is 0 Å². The molecule has 35 heavy (non-hydrogen) atoms. The van der Waals surface area contributed by atoms with Crippen molar-refractivity contribution in [1.29, 1.82) is 0 Å². The van der Waals surface area contributed by atoms with E-state index in [1.165, 1.54) is 0 Å². The molecule has 2 heterocycles. The van der Waals surface area contributed by atoms with Crippen molar-refractivity contribution in [2.75, 3.05) is 46.6 Å². The van der Waals surface area contributed by atoms with Crippen molar-refractivity contribution in [1.82, 2.24) is 4.90 Å². The van der Waals surface area contributed by atoms with Crippen LogP contribution in [0.5, 0.6) is 11.5 Å². The number of allylic oxidation sites excluding steroid dienone is 2. The number of carboxylic acids is 1. The second-order valence-corrected chi connectivity index (χ2v) is 8.36. The van der Waals surface area contributed by atoms with E-state index in [2.05, 4.69) is 4.90 Å². The molecule has 1 saturated heterocycles. The van der Waals surface area contributed by atoms with Gasteiger partial charge in [-0.3, -0.25) is 14.5 Å². The molecular weight excluding hydrogens is 458 g/mol. The molecule has 0 aliphatic carbocycles. The summed E-state index contributed by atoms with van der Waals surface area (Å²) in [7, 11) is 1.54. The largest absolute Gasteiger partial charge is 0.507 e. The molecule has 194 valence electrons. The van der Waals surface area contributed by atoms with E-state index in [0.717, 1.165) is 50.9 Å². The number of benzene rings is 1. The molecule has 0 aromatic heterocycles. The first-order valence-electron chi connectivity index (χ1n) is 11.5. The number of aliphatic carboxylic acids is 1. The first-order valence-corrected chi connectivity index (χ1v) is 11.5. The lowest BCUT2D eigenvalue weighted by Gasteiger charge is -2.26. The Labute approximate surface area is 205 Å². The number of nitrogens with zero attached hydrogens (tertiary/aromatic N) is 1. The predicted octanol–water partition coefficient (Wildman–Crippen LogP) is 2.61. The Morgan fingerprint density at radius 2 is 1.83 bits per heavy atom. The van der Waals surface area contributed by atoms with Crippen LogP contribution in [0, 0.1) is 6.92 Å². The van der Waals surface area contributed by atoms with Gasteiger partial charge in [-0.25, -0.2) is 4.79 Å². The van der Waals surface area contributed by atoms with Crippen molar-refractivity contribution in [2.24, 2.45) is 0 Å². The number of ether oxygens (including phenoxy) is 4. The van der Waals surface area contributed by atoms with Crippen molar-refractivity contribution in [3.05, 3.63) is 33.9 Å². The van der Waals surface area contributed by atoms with Crippen LogP contribution in [0.4, 0.5) is 0 Å². The molecule has 1 fully saturated rings. The fraction of sp³-hybridized carbons (Fsp3) is 0.560. The molecular formula is C25H35NO9. The minimum absolute atomic E-state index is 0.0912. The van der Waals surface area contributed by atoms with E-state index in [9.17, 15) is 14.7 Å². The van der Waals surface area contributed by atoms with Gasteiger partial charge in [0.2, 0.25) is 0 Å². The summed E-state index contributed by atoms with van der Waals surface area (Å²) < 4.78 is 21.2. The number of aromatic hydroxyl groups is 1. The number of phenols is 1. The van der Waals surface area contributed by atoms with E-state index in [-0.39, 0.29) is 23.9 Å². The van der Waals surface area contributed by atoms with Gasteiger partial charge in [0, 0.05) is 44.1 Å². The zero-order valence-corrected chi connectivity index (χ0v) is 20.8. The third kappa shape index (κ3) is 8.25. The van der Waals surface area contributed by atoms with Gasteiger partial charge in [-0.15, -0.1) is 0 Å². The van der Waals surface area contributed by atoms with Crippen LogP contribution < -0.4 is 4.74 Å². The molecule has 0 spiro atoms. The Morgan fingerprint density at radius 1 is 1.17 bits per heavy atom. The Kier molecular flexibility index (Phi) is 11.0. The zero-order chi connectivity index (χ0) is 26.0.